The second kappa shape index (κ2) is 7.02. The Morgan fingerprint density at radius 3 is 2.92 bits per heavy atom. The van der Waals surface area contributed by atoms with E-state index in [1.165, 1.54) is 12.3 Å². The summed E-state index contributed by atoms with van der Waals surface area (Å²) in [6.07, 6.45) is 0.492. The monoisotopic (exact) mass is 357 g/mol. The van der Waals surface area contributed by atoms with E-state index in [2.05, 4.69) is 10.1 Å². The zero-order valence-corrected chi connectivity index (χ0v) is 13.8. The van der Waals surface area contributed by atoms with Crippen LogP contribution in [0.1, 0.15) is 29.2 Å². The normalized spacial score (nSPS) is 16.5. The van der Waals surface area contributed by atoms with E-state index in [9.17, 15) is 9.82 Å². The van der Waals surface area contributed by atoms with Gasteiger partial charge in [0, 0.05) is 17.8 Å². The van der Waals surface area contributed by atoms with Crippen LogP contribution in [0.15, 0.2) is 35.6 Å². The van der Waals surface area contributed by atoms with E-state index in [1.54, 1.807) is 25.1 Å². The van der Waals surface area contributed by atoms with Gasteiger partial charge in [0.2, 0.25) is 5.88 Å². The molecular formula is C16H16BN3O6. The van der Waals surface area contributed by atoms with Gasteiger partial charge < -0.3 is 30.5 Å². The molecule has 10 heteroatoms. The largest absolute Gasteiger partial charge is 0.492 e. The SMILES string of the molecule is Cc1cc(Oc2cc(C(N)=NO)ccn2)cc2c1C(CC(=O)O)OB2O. The quantitative estimate of drug-likeness (QED) is 0.199. The molecule has 3 rings (SSSR count). The molecule has 1 unspecified atom stereocenters. The highest BCUT2D eigenvalue weighted by Gasteiger charge is 2.37. The van der Waals surface area contributed by atoms with E-state index < -0.39 is 19.2 Å². The molecular weight excluding hydrogens is 341 g/mol. The first-order valence-corrected chi connectivity index (χ1v) is 7.70. The molecule has 1 atom stereocenters. The highest BCUT2D eigenvalue weighted by atomic mass is 16.5. The highest BCUT2D eigenvalue weighted by molar-refractivity contribution is 6.62. The summed E-state index contributed by atoms with van der Waals surface area (Å²) in [6.45, 7) is 1.78. The average molecular weight is 357 g/mol. The number of aryl methyl sites for hydroxylation is 1. The molecule has 5 N–H and O–H groups in total. The van der Waals surface area contributed by atoms with Crippen molar-refractivity contribution < 1.29 is 29.5 Å². The Hall–Kier alpha value is -3.11. The van der Waals surface area contributed by atoms with Gasteiger partial charge in [-0.05, 0) is 41.7 Å². The predicted molar refractivity (Wildman–Crippen MR) is 91.7 cm³/mol. The van der Waals surface area contributed by atoms with E-state index >= 15 is 0 Å². The summed E-state index contributed by atoms with van der Waals surface area (Å²) in [6, 6.07) is 6.33. The molecule has 1 aliphatic rings. The van der Waals surface area contributed by atoms with Crippen molar-refractivity contribution in [3.05, 3.63) is 47.2 Å². The third-order valence-corrected chi connectivity index (χ3v) is 3.99. The number of hydrogen-bond acceptors (Lipinski definition) is 7. The Morgan fingerprint density at radius 2 is 2.23 bits per heavy atom. The number of amidine groups is 1. The maximum absolute atomic E-state index is 11.0. The minimum atomic E-state index is -1.23. The first kappa shape index (κ1) is 17.7. The molecule has 0 radical (unpaired) electrons. The van der Waals surface area contributed by atoms with Crippen LogP contribution in [0.25, 0.3) is 0 Å². The van der Waals surface area contributed by atoms with Gasteiger partial charge in [-0.3, -0.25) is 4.79 Å². The molecule has 2 aromatic rings. The molecule has 0 fully saturated rings. The number of carbonyl (C=O) groups is 1. The number of aliphatic carboxylic acids is 1. The highest BCUT2D eigenvalue weighted by Crippen LogP contribution is 2.32. The Balaban J connectivity index is 1.91. The molecule has 0 aliphatic carbocycles. The predicted octanol–water partition coefficient (Wildman–Crippen LogP) is 0.510. The number of benzene rings is 1. The van der Waals surface area contributed by atoms with Crippen LogP contribution in [-0.2, 0) is 9.45 Å². The summed E-state index contributed by atoms with van der Waals surface area (Å²) in [5.74, 6) is -0.491. The van der Waals surface area contributed by atoms with Crippen molar-refractivity contribution in [1.82, 2.24) is 4.98 Å². The molecule has 0 saturated carbocycles. The van der Waals surface area contributed by atoms with Crippen LogP contribution < -0.4 is 15.9 Å². The number of nitrogens with zero attached hydrogens (tertiary/aromatic N) is 2. The number of carboxylic acids is 1. The molecule has 26 heavy (non-hydrogen) atoms. The molecule has 1 aliphatic heterocycles. The molecule has 1 aromatic carbocycles. The molecule has 134 valence electrons. The zero-order valence-electron chi connectivity index (χ0n) is 13.8. The fraction of sp³-hybridized carbons (Fsp3) is 0.188. The van der Waals surface area contributed by atoms with E-state index in [0.29, 0.717) is 22.3 Å². The van der Waals surface area contributed by atoms with Crippen LogP contribution in [0.2, 0.25) is 0 Å². The number of pyridine rings is 1. The van der Waals surface area contributed by atoms with Gasteiger partial charge in [0.15, 0.2) is 5.84 Å². The molecule has 0 amide bonds. The van der Waals surface area contributed by atoms with Crippen molar-refractivity contribution in [2.45, 2.75) is 19.4 Å². The van der Waals surface area contributed by atoms with Crippen LogP contribution in [0, 0.1) is 6.92 Å². The number of oxime groups is 1. The number of hydrogen-bond donors (Lipinski definition) is 4. The first-order chi connectivity index (χ1) is 12.4. The Labute approximate surface area is 148 Å². The smallest absolute Gasteiger partial charge is 0.481 e. The lowest BCUT2D eigenvalue weighted by atomic mass is 9.77. The van der Waals surface area contributed by atoms with Crippen molar-refractivity contribution >= 4 is 24.4 Å². The molecule has 0 saturated heterocycles. The van der Waals surface area contributed by atoms with Gasteiger partial charge in [0.25, 0.3) is 0 Å². The minimum Gasteiger partial charge on any atom is -0.481 e. The van der Waals surface area contributed by atoms with Crippen LogP contribution in [0.3, 0.4) is 0 Å². The Bertz CT molecular complexity index is 888. The van der Waals surface area contributed by atoms with Crippen molar-refractivity contribution in [3.8, 4) is 11.6 Å². The van der Waals surface area contributed by atoms with Crippen LogP contribution in [-0.4, -0.2) is 39.2 Å². The van der Waals surface area contributed by atoms with E-state index in [0.717, 1.165) is 5.56 Å². The van der Waals surface area contributed by atoms with Crippen LogP contribution >= 0.6 is 0 Å². The lowest BCUT2D eigenvalue weighted by molar-refractivity contribution is -0.138. The number of fused-ring (bicyclic) bond motifs is 1. The average Bonchev–Trinajstić information content (AvgIpc) is 2.89. The summed E-state index contributed by atoms with van der Waals surface area (Å²) in [5.41, 5.74) is 7.81. The fourth-order valence-corrected chi connectivity index (χ4v) is 2.90. The van der Waals surface area contributed by atoms with E-state index in [-0.39, 0.29) is 18.1 Å². The molecule has 9 nitrogen and oxygen atoms in total. The van der Waals surface area contributed by atoms with Crippen LogP contribution in [0.5, 0.6) is 11.6 Å². The number of rotatable bonds is 5. The number of nitrogens with two attached hydrogens (primary N) is 1. The van der Waals surface area contributed by atoms with Gasteiger partial charge in [-0.25, -0.2) is 4.98 Å². The summed E-state index contributed by atoms with van der Waals surface area (Å²) < 4.78 is 11.0. The summed E-state index contributed by atoms with van der Waals surface area (Å²) in [4.78, 5) is 15.0. The van der Waals surface area contributed by atoms with Gasteiger partial charge in [-0.2, -0.15) is 0 Å². The maximum Gasteiger partial charge on any atom is 0.492 e. The van der Waals surface area contributed by atoms with Gasteiger partial charge >= 0.3 is 13.1 Å². The third-order valence-electron chi connectivity index (χ3n) is 3.99. The molecule has 1 aromatic heterocycles. The first-order valence-electron chi connectivity index (χ1n) is 7.70. The summed E-state index contributed by atoms with van der Waals surface area (Å²) in [7, 11) is -1.23. The Kier molecular flexibility index (Phi) is 4.78. The number of ether oxygens (including phenoxy) is 1. The van der Waals surface area contributed by atoms with Gasteiger partial charge in [-0.15, -0.1) is 0 Å². The number of carboxylic acid groups (broad SMARTS) is 1. The lowest BCUT2D eigenvalue weighted by Crippen LogP contribution is -2.28. The topological polar surface area (TPSA) is 147 Å². The summed E-state index contributed by atoms with van der Waals surface area (Å²) >= 11 is 0. The van der Waals surface area contributed by atoms with Crippen LogP contribution in [0.4, 0.5) is 0 Å². The fourth-order valence-electron chi connectivity index (χ4n) is 2.90. The van der Waals surface area contributed by atoms with Crippen molar-refractivity contribution in [2.24, 2.45) is 10.9 Å². The standard InChI is InChI=1S/C16H16BN3O6/c1-8-4-10(25-13-5-9(2-3-19-13)16(18)20-24)6-11-15(8)12(7-14(21)22)26-17(11)23/h2-6,12,23-24H,7H2,1H3,(H2,18,20)(H,21,22). The van der Waals surface area contributed by atoms with Crippen molar-refractivity contribution in [1.29, 1.82) is 0 Å². The van der Waals surface area contributed by atoms with E-state index in [4.69, 9.17) is 25.4 Å². The second-order valence-electron chi connectivity index (χ2n) is 5.79. The van der Waals surface area contributed by atoms with E-state index in [1.807, 2.05) is 0 Å². The molecule has 2 heterocycles. The van der Waals surface area contributed by atoms with Gasteiger partial charge in [-0.1, -0.05) is 5.16 Å². The van der Waals surface area contributed by atoms with Crippen molar-refractivity contribution in [3.63, 3.8) is 0 Å². The molecule has 0 bridgehead atoms. The third kappa shape index (κ3) is 3.46. The number of aromatic nitrogens is 1. The lowest BCUT2D eigenvalue weighted by Gasteiger charge is -2.13. The maximum atomic E-state index is 11.0. The van der Waals surface area contributed by atoms with Gasteiger partial charge in [0.05, 0.1) is 12.5 Å². The Morgan fingerprint density at radius 1 is 1.46 bits per heavy atom. The van der Waals surface area contributed by atoms with Crippen molar-refractivity contribution in [2.75, 3.05) is 0 Å². The van der Waals surface area contributed by atoms with Gasteiger partial charge in [0.1, 0.15) is 5.75 Å². The second-order valence-corrected chi connectivity index (χ2v) is 5.79. The minimum absolute atomic E-state index is 0.0808. The molecule has 0 spiro atoms. The zero-order chi connectivity index (χ0) is 18.8. The summed E-state index contributed by atoms with van der Waals surface area (Å²) in [5, 5.41) is 30.7.